The normalized spacial score (nSPS) is 17.1. The second kappa shape index (κ2) is 8.63. The number of likely N-dealkylation sites (tertiary alicyclic amines) is 1. The van der Waals surface area contributed by atoms with E-state index in [0.717, 1.165) is 36.7 Å². The van der Waals surface area contributed by atoms with Gasteiger partial charge in [-0.1, -0.05) is 18.2 Å². The third-order valence-corrected chi connectivity index (χ3v) is 5.49. The molecular weight excluding hydrogens is 403 g/mol. The Hall–Kier alpha value is -3.00. The van der Waals surface area contributed by atoms with Crippen molar-refractivity contribution in [3.8, 4) is 11.1 Å². The van der Waals surface area contributed by atoms with Gasteiger partial charge >= 0.3 is 6.18 Å². The molecule has 31 heavy (non-hydrogen) atoms. The van der Waals surface area contributed by atoms with Gasteiger partial charge in [-0.2, -0.15) is 13.2 Å². The topological polar surface area (TPSA) is 45.2 Å². The summed E-state index contributed by atoms with van der Waals surface area (Å²) < 4.78 is 39.9. The van der Waals surface area contributed by atoms with E-state index in [1.807, 2.05) is 32.4 Å². The second-order valence-electron chi connectivity index (χ2n) is 7.93. The number of hydrogen-bond acceptors (Lipinski definition) is 5. The van der Waals surface area contributed by atoms with Gasteiger partial charge in [-0.25, -0.2) is 9.97 Å². The average Bonchev–Trinajstić information content (AvgIpc) is 3.21. The molecule has 8 heteroatoms. The Kier molecular flexibility index (Phi) is 5.91. The van der Waals surface area contributed by atoms with E-state index in [9.17, 15) is 13.2 Å². The molecule has 1 saturated heterocycles. The number of anilines is 1. The molecule has 2 aromatic heterocycles. The molecule has 1 fully saturated rings. The maximum atomic E-state index is 13.3. The molecule has 1 aromatic carbocycles. The third kappa shape index (κ3) is 4.69. The molecule has 0 N–H and O–H groups in total. The van der Waals surface area contributed by atoms with Crippen molar-refractivity contribution in [1.82, 2.24) is 19.9 Å². The molecule has 3 heterocycles. The lowest BCUT2D eigenvalue weighted by Crippen LogP contribution is -2.25. The van der Waals surface area contributed by atoms with Crippen molar-refractivity contribution in [3.05, 3.63) is 71.8 Å². The van der Waals surface area contributed by atoms with Gasteiger partial charge in [-0.3, -0.25) is 9.88 Å². The molecular formula is C23H24F3N5. The number of benzene rings is 1. The van der Waals surface area contributed by atoms with Crippen molar-refractivity contribution in [2.45, 2.75) is 31.6 Å². The van der Waals surface area contributed by atoms with Crippen molar-refractivity contribution in [2.24, 2.45) is 0 Å². The van der Waals surface area contributed by atoms with Gasteiger partial charge in [-0.05, 0) is 48.7 Å². The molecule has 1 aliphatic rings. The highest BCUT2D eigenvalue weighted by Crippen LogP contribution is 2.39. The van der Waals surface area contributed by atoms with Crippen molar-refractivity contribution < 1.29 is 13.2 Å². The molecule has 5 nitrogen and oxygen atoms in total. The van der Waals surface area contributed by atoms with E-state index in [2.05, 4.69) is 14.9 Å². The van der Waals surface area contributed by atoms with Crippen LogP contribution in [0.3, 0.4) is 0 Å². The zero-order valence-electron chi connectivity index (χ0n) is 17.5. The molecule has 1 aliphatic heterocycles. The zero-order valence-corrected chi connectivity index (χ0v) is 17.5. The first kappa shape index (κ1) is 21.2. The van der Waals surface area contributed by atoms with Crippen LogP contribution in [-0.2, 0) is 12.7 Å². The molecule has 0 saturated carbocycles. The largest absolute Gasteiger partial charge is 0.416 e. The smallest absolute Gasteiger partial charge is 0.347 e. The second-order valence-corrected chi connectivity index (χ2v) is 7.93. The molecule has 0 aliphatic carbocycles. The lowest BCUT2D eigenvalue weighted by molar-refractivity contribution is -0.137. The van der Waals surface area contributed by atoms with Gasteiger partial charge in [0.2, 0.25) is 5.95 Å². The highest BCUT2D eigenvalue weighted by molar-refractivity contribution is 5.67. The van der Waals surface area contributed by atoms with Gasteiger partial charge < -0.3 is 4.90 Å². The molecule has 1 unspecified atom stereocenters. The lowest BCUT2D eigenvalue weighted by atomic mass is 9.98. The first-order valence-electron chi connectivity index (χ1n) is 10.2. The predicted octanol–water partition coefficient (Wildman–Crippen LogP) is 4.96. The summed E-state index contributed by atoms with van der Waals surface area (Å²) in [5.41, 5.74) is 2.30. The lowest BCUT2D eigenvalue weighted by Gasteiger charge is -2.26. The molecule has 4 rings (SSSR count). The summed E-state index contributed by atoms with van der Waals surface area (Å²) in [6, 6.07) is 9.31. The van der Waals surface area contributed by atoms with E-state index in [1.54, 1.807) is 23.4 Å². The number of alkyl halides is 3. The minimum Gasteiger partial charge on any atom is -0.347 e. The van der Waals surface area contributed by atoms with Crippen LogP contribution in [0.2, 0.25) is 0 Å². The molecule has 0 bridgehead atoms. The summed E-state index contributed by atoms with van der Waals surface area (Å²) in [7, 11) is 3.70. The molecule has 3 aromatic rings. The van der Waals surface area contributed by atoms with E-state index in [-0.39, 0.29) is 6.04 Å². The van der Waals surface area contributed by atoms with Crippen molar-refractivity contribution in [2.75, 3.05) is 25.5 Å². The Morgan fingerprint density at radius 1 is 1.13 bits per heavy atom. The molecule has 0 spiro atoms. The third-order valence-electron chi connectivity index (χ3n) is 5.49. The number of nitrogens with zero attached hydrogens (tertiary/aromatic N) is 5. The highest BCUT2D eigenvalue weighted by atomic mass is 19.4. The van der Waals surface area contributed by atoms with Crippen molar-refractivity contribution >= 4 is 5.95 Å². The van der Waals surface area contributed by atoms with Gasteiger partial charge in [0.25, 0.3) is 0 Å². The summed E-state index contributed by atoms with van der Waals surface area (Å²) in [5.74, 6) is 0.541. The SMILES string of the molecule is CN(C)c1ncc(-c2cccc(C(F)(F)F)c2)c(C2CCCN2Cc2cccnc2)n1. The first-order valence-corrected chi connectivity index (χ1v) is 10.2. The minimum atomic E-state index is -4.40. The summed E-state index contributed by atoms with van der Waals surface area (Å²) >= 11 is 0. The summed E-state index contributed by atoms with van der Waals surface area (Å²) in [6.45, 7) is 1.60. The molecule has 162 valence electrons. The van der Waals surface area contributed by atoms with E-state index < -0.39 is 11.7 Å². The number of halogens is 3. The number of hydrogen-bond donors (Lipinski definition) is 0. The number of rotatable bonds is 5. The van der Waals surface area contributed by atoms with Crippen LogP contribution in [0, 0.1) is 0 Å². The Labute approximate surface area is 179 Å². The highest BCUT2D eigenvalue weighted by Gasteiger charge is 2.33. The van der Waals surface area contributed by atoms with Gasteiger partial charge in [-0.15, -0.1) is 0 Å². The first-order chi connectivity index (χ1) is 14.8. The van der Waals surface area contributed by atoms with Gasteiger partial charge in [0.05, 0.1) is 17.3 Å². The fourth-order valence-corrected chi connectivity index (χ4v) is 3.99. The molecule has 0 radical (unpaired) electrons. The monoisotopic (exact) mass is 427 g/mol. The van der Waals surface area contributed by atoms with Crippen LogP contribution in [-0.4, -0.2) is 40.5 Å². The molecule has 0 amide bonds. The Bertz CT molecular complexity index is 1040. The van der Waals surface area contributed by atoms with Crippen LogP contribution in [0.1, 0.15) is 35.7 Å². The van der Waals surface area contributed by atoms with Crippen LogP contribution in [0.4, 0.5) is 19.1 Å². The van der Waals surface area contributed by atoms with Crippen LogP contribution < -0.4 is 4.90 Å². The fraction of sp³-hybridized carbons (Fsp3) is 0.348. The number of aromatic nitrogens is 3. The summed E-state index contributed by atoms with van der Waals surface area (Å²) in [5, 5.41) is 0. The standard InChI is InChI=1S/C23H24F3N5/c1-30(2)22-28-14-19(17-7-3-8-18(12-17)23(24,25)26)21(29-22)20-9-5-11-31(20)15-16-6-4-10-27-13-16/h3-4,6-8,10,12-14,20H,5,9,11,15H2,1-2H3. The maximum absolute atomic E-state index is 13.3. The summed E-state index contributed by atoms with van der Waals surface area (Å²) in [6.07, 6.45) is 2.71. The van der Waals surface area contributed by atoms with E-state index >= 15 is 0 Å². The van der Waals surface area contributed by atoms with Crippen LogP contribution in [0.15, 0.2) is 55.0 Å². The zero-order chi connectivity index (χ0) is 22.0. The van der Waals surface area contributed by atoms with E-state index in [1.165, 1.54) is 12.1 Å². The van der Waals surface area contributed by atoms with Crippen LogP contribution in [0.5, 0.6) is 0 Å². The predicted molar refractivity (Wildman–Crippen MR) is 113 cm³/mol. The van der Waals surface area contributed by atoms with Crippen LogP contribution >= 0.6 is 0 Å². The van der Waals surface area contributed by atoms with Crippen molar-refractivity contribution in [1.29, 1.82) is 0 Å². The van der Waals surface area contributed by atoms with E-state index in [0.29, 0.717) is 23.6 Å². The van der Waals surface area contributed by atoms with Crippen LogP contribution in [0.25, 0.3) is 11.1 Å². The maximum Gasteiger partial charge on any atom is 0.416 e. The number of pyridine rings is 1. The van der Waals surface area contributed by atoms with Crippen molar-refractivity contribution in [3.63, 3.8) is 0 Å². The summed E-state index contributed by atoms with van der Waals surface area (Å²) in [4.78, 5) is 17.5. The minimum absolute atomic E-state index is 0.00792. The molecule has 1 atom stereocenters. The quantitative estimate of drug-likeness (QED) is 0.576. The fourth-order valence-electron chi connectivity index (χ4n) is 3.99. The van der Waals surface area contributed by atoms with Gasteiger partial charge in [0.15, 0.2) is 0 Å². The van der Waals surface area contributed by atoms with Gasteiger partial charge in [0.1, 0.15) is 0 Å². The average molecular weight is 427 g/mol. The van der Waals surface area contributed by atoms with E-state index in [4.69, 9.17) is 4.98 Å². The Morgan fingerprint density at radius 2 is 1.97 bits per heavy atom. The Balaban J connectivity index is 1.76. The Morgan fingerprint density at radius 3 is 2.68 bits per heavy atom. The van der Waals surface area contributed by atoms with Gasteiger partial charge in [0, 0.05) is 44.8 Å².